The smallest absolute Gasteiger partial charge is 0.169 e. The van der Waals surface area contributed by atoms with Gasteiger partial charge in [-0.05, 0) is 67.8 Å². The molecule has 0 spiro atoms. The number of ether oxygens (including phenoxy) is 1. The van der Waals surface area contributed by atoms with Crippen LogP contribution in [0.4, 0.5) is 0 Å². The van der Waals surface area contributed by atoms with Gasteiger partial charge in [-0.2, -0.15) is 0 Å². The lowest BCUT2D eigenvalue weighted by atomic mass is 9.92. The third-order valence-corrected chi connectivity index (χ3v) is 5.51. The van der Waals surface area contributed by atoms with Gasteiger partial charge in [0.15, 0.2) is 12.4 Å². The fourth-order valence-electron chi connectivity index (χ4n) is 3.79. The van der Waals surface area contributed by atoms with Crippen molar-refractivity contribution in [2.75, 3.05) is 0 Å². The van der Waals surface area contributed by atoms with Crippen molar-refractivity contribution in [2.45, 2.75) is 57.8 Å². The second-order valence-corrected chi connectivity index (χ2v) is 7.39. The quantitative estimate of drug-likeness (QED) is 0.673. The molecule has 0 unspecified atom stereocenters. The predicted octanol–water partition coefficient (Wildman–Crippen LogP) is 4.02. The molecule has 0 amide bonds. The number of rotatable bonds is 6. The largest absolute Gasteiger partial charge is 0.490 e. The van der Waals surface area contributed by atoms with Crippen LogP contribution >= 0.6 is 0 Å². The minimum Gasteiger partial charge on any atom is -0.490 e. The molecule has 0 atom stereocenters. The molecule has 1 N–H and O–H groups in total. The van der Waals surface area contributed by atoms with Gasteiger partial charge >= 0.3 is 0 Å². The molecule has 2 heterocycles. The third kappa shape index (κ3) is 4.64. The fraction of sp³-hybridized carbons (Fsp3) is 0.391. The van der Waals surface area contributed by atoms with Crippen molar-refractivity contribution in [3.63, 3.8) is 0 Å². The number of aromatic nitrogens is 2. The Morgan fingerprint density at radius 3 is 2.63 bits per heavy atom. The number of nitrogens with zero attached hydrogens (tertiary/aromatic N) is 2. The molecular formula is C23H28N3O+. The number of pyridine rings is 2. The van der Waals surface area contributed by atoms with E-state index in [1.807, 2.05) is 18.5 Å². The average molecular weight is 362 g/mol. The molecule has 0 aliphatic heterocycles. The second kappa shape index (κ2) is 8.49. The summed E-state index contributed by atoms with van der Waals surface area (Å²) in [5, 5.41) is 6.05. The maximum atomic E-state index is 6.25. The standard InChI is InChI=1S/C23H28N3O/c1-2-26-13-10-18(11-14-26)16-25-21-4-7-22(8-5-21)27-23-6-3-20-17-24-12-9-19(20)15-23/h3,6,9-15,17,21-22,25H,2,4-5,7-8,16H2,1H3/q+1. The molecule has 2 aromatic heterocycles. The van der Waals surface area contributed by atoms with E-state index in [0.717, 1.165) is 37.1 Å². The van der Waals surface area contributed by atoms with Crippen LogP contribution < -0.4 is 14.6 Å². The van der Waals surface area contributed by atoms with Crippen LogP contribution in [0, 0.1) is 0 Å². The number of hydrogen-bond donors (Lipinski definition) is 1. The van der Waals surface area contributed by atoms with Gasteiger partial charge in [0.05, 0.1) is 6.10 Å². The van der Waals surface area contributed by atoms with Gasteiger partial charge in [0.2, 0.25) is 0 Å². The highest BCUT2D eigenvalue weighted by atomic mass is 16.5. The molecule has 1 saturated carbocycles. The van der Waals surface area contributed by atoms with Crippen molar-refractivity contribution in [1.29, 1.82) is 0 Å². The first-order valence-corrected chi connectivity index (χ1v) is 10.0. The summed E-state index contributed by atoms with van der Waals surface area (Å²) >= 11 is 0. The summed E-state index contributed by atoms with van der Waals surface area (Å²) in [7, 11) is 0. The van der Waals surface area contributed by atoms with Crippen LogP contribution in [0.2, 0.25) is 0 Å². The lowest BCUT2D eigenvalue weighted by Gasteiger charge is -2.29. The van der Waals surface area contributed by atoms with Crippen LogP contribution in [0.1, 0.15) is 38.2 Å². The summed E-state index contributed by atoms with van der Waals surface area (Å²) in [5.74, 6) is 0.971. The second-order valence-electron chi connectivity index (χ2n) is 7.39. The van der Waals surface area contributed by atoms with Crippen molar-refractivity contribution in [3.8, 4) is 5.75 Å². The van der Waals surface area contributed by atoms with E-state index in [1.54, 1.807) is 0 Å². The highest BCUT2D eigenvalue weighted by molar-refractivity contribution is 5.82. The van der Waals surface area contributed by atoms with Crippen LogP contribution in [0.3, 0.4) is 0 Å². The first kappa shape index (κ1) is 17.9. The molecular weight excluding hydrogens is 334 g/mol. The van der Waals surface area contributed by atoms with Crippen molar-refractivity contribution in [2.24, 2.45) is 0 Å². The van der Waals surface area contributed by atoms with Gasteiger partial charge in [-0.25, -0.2) is 4.57 Å². The van der Waals surface area contributed by atoms with E-state index in [0.29, 0.717) is 12.1 Å². The minimum absolute atomic E-state index is 0.322. The molecule has 3 aromatic rings. The Labute approximate surface area is 161 Å². The first-order chi connectivity index (χ1) is 13.3. The Balaban J connectivity index is 1.25. The fourth-order valence-corrected chi connectivity index (χ4v) is 3.79. The molecule has 140 valence electrons. The number of hydrogen-bond acceptors (Lipinski definition) is 3. The normalized spacial score (nSPS) is 19.9. The molecule has 4 nitrogen and oxygen atoms in total. The van der Waals surface area contributed by atoms with Crippen molar-refractivity contribution >= 4 is 10.8 Å². The zero-order valence-electron chi connectivity index (χ0n) is 16.0. The van der Waals surface area contributed by atoms with E-state index >= 15 is 0 Å². The van der Waals surface area contributed by atoms with Gasteiger partial charge in [-0.15, -0.1) is 0 Å². The summed E-state index contributed by atoms with van der Waals surface area (Å²) in [6.45, 7) is 4.12. The van der Waals surface area contributed by atoms with Crippen LogP contribution in [-0.4, -0.2) is 17.1 Å². The third-order valence-electron chi connectivity index (χ3n) is 5.51. The lowest BCUT2D eigenvalue weighted by molar-refractivity contribution is -0.693. The van der Waals surface area contributed by atoms with Gasteiger partial charge in [0.25, 0.3) is 0 Å². The van der Waals surface area contributed by atoms with Crippen LogP contribution in [-0.2, 0) is 13.1 Å². The van der Waals surface area contributed by atoms with Gasteiger partial charge < -0.3 is 10.1 Å². The first-order valence-electron chi connectivity index (χ1n) is 10.0. The molecule has 1 aliphatic rings. The summed E-state index contributed by atoms with van der Waals surface area (Å²) in [6, 6.07) is 13.3. The van der Waals surface area contributed by atoms with Crippen LogP contribution in [0.25, 0.3) is 10.8 Å². The zero-order chi connectivity index (χ0) is 18.5. The lowest BCUT2D eigenvalue weighted by Crippen LogP contribution is -2.36. The Bertz CT molecular complexity index is 870. The van der Waals surface area contributed by atoms with Gasteiger partial charge in [-0.1, -0.05) is 0 Å². The van der Waals surface area contributed by atoms with E-state index in [2.05, 4.69) is 64.5 Å². The molecule has 4 heteroatoms. The Kier molecular flexibility index (Phi) is 5.64. The summed E-state index contributed by atoms with van der Waals surface area (Å²) in [4.78, 5) is 4.17. The number of benzene rings is 1. The maximum absolute atomic E-state index is 6.25. The Morgan fingerprint density at radius 2 is 1.85 bits per heavy atom. The van der Waals surface area contributed by atoms with E-state index in [9.17, 15) is 0 Å². The number of fused-ring (bicyclic) bond motifs is 1. The van der Waals surface area contributed by atoms with E-state index in [4.69, 9.17) is 4.74 Å². The molecule has 1 aromatic carbocycles. The van der Waals surface area contributed by atoms with Gasteiger partial charge in [-0.3, -0.25) is 4.98 Å². The van der Waals surface area contributed by atoms with Gasteiger partial charge in [0, 0.05) is 42.5 Å². The van der Waals surface area contributed by atoms with Gasteiger partial charge in [0.1, 0.15) is 12.3 Å². The van der Waals surface area contributed by atoms with E-state index in [1.165, 1.54) is 23.8 Å². The highest BCUT2D eigenvalue weighted by Crippen LogP contribution is 2.26. The predicted molar refractivity (Wildman–Crippen MR) is 108 cm³/mol. The highest BCUT2D eigenvalue weighted by Gasteiger charge is 2.22. The average Bonchev–Trinajstić information content (AvgIpc) is 2.73. The van der Waals surface area contributed by atoms with Crippen molar-refractivity contribution in [3.05, 3.63) is 66.7 Å². The summed E-state index contributed by atoms with van der Waals surface area (Å²) in [5.41, 5.74) is 1.35. The molecule has 0 bridgehead atoms. The summed E-state index contributed by atoms with van der Waals surface area (Å²) in [6.07, 6.45) is 12.9. The molecule has 0 radical (unpaired) electrons. The van der Waals surface area contributed by atoms with Crippen LogP contribution in [0.15, 0.2) is 61.2 Å². The topological polar surface area (TPSA) is 38.0 Å². The molecule has 1 fully saturated rings. The Morgan fingerprint density at radius 1 is 1.04 bits per heavy atom. The minimum atomic E-state index is 0.322. The molecule has 4 rings (SSSR count). The zero-order valence-corrected chi connectivity index (χ0v) is 16.0. The Hall–Kier alpha value is -2.46. The SMILES string of the molecule is CC[n+]1ccc(CNC2CCC(Oc3ccc4cnccc4c3)CC2)cc1. The maximum Gasteiger partial charge on any atom is 0.169 e. The van der Waals surface area contributed by atoms with Crippen LogP contribution in [0.5, 0.6) is 5.75 Å². The monoisotopic (exact) mass is 362 g/mol. The number of aryl methyl sites for hydroxylation is 1. The number of nitrogens with one attached hydrogen (secondary N) is 1. The van der Waals surface area contributed by atoms with Crippen molar-refractivity contribution in [1.82, 2.24) is 10.3 Å². The van der Waals surface area contributed by atoms with Crippen molar-refractivity contribution < 1.29 is 9.30 Å². The molecule has 27 heavy (non-hydrogen) atoms. The molecule has 1 aliphatic carbocycles. The summed E-state index contributed by atoms with van der Waals surface area (Å²) < 4.78 is 8.44. The molecule has 0 saturated heterocycles. The van der Waals surface area contributed by atoms with E-state index < -0.39 is 0 Å². The van der Waals surface area contributed by atoms with E-state index in [-0.39, 0.29) is 0 Å².